The average Bonchev–Trinajstić information content (AvgIpc) is 2.53. The summed E-state index contributed by atoms with van der Waals surface area (Å²) in [6, 6.07) is 13.9. The Labute approximate surface area is 128 Å². The monoisotopic (exact) mass is 305 g/mol. The molecule has 0 aliphatic heterocycles. The zero-order chi connectivity index (χ0) is 15.2. The maximum atomic E-state index is 11.9. The molecule has 0 saturated carbocycles. The number of hydrogen-bond donors (Lipinski definition) is 2. The average molecular weight is 306 g/mol. The lowest BCUT2D eigenvalue weighted by molar-refractivity contribution is -0.129. The van der Waals surface area contributed by atoms with Crippen LogP contribution < -0.4 is 10.1 Å². The molecule has 2 aromatic carbocycles. The molecule has 2 aromatic rings. The molecule has 2 N–H and O–H groups in total. The second-order valence-electron chi connectivity index (χ2n) is 4.52. The molecule has 2 rings (SSSR count). The van der Waals surface area contributed by atoms with Gasteiger partial charge >= 0.3 is 0 Å². The number of aliphatic hydroxyl groups excluding tert-OH is 1. The summed E-state index contributed by atoms with van der Waals surface area (Å²) < 4.78 is 5.06. The highest BCUT2D eigenvalue weighted by Crippen LogP contribution is 2.17. The van der Waals surface area contributed by atoms with Gasteiger partial charge in [-0.05, 0) is 35.4 Å². The van der Waals surface area contributed by atoms with Crippen LogP contribution in [-0.4, -0.2) is 18.1 Å². The van der Waals surface area contributed by atoms with Crippen LogP contribution in [0.2, 0.25) is 5.02 Å². The summed E-state index contributed by atoms with van der Waals surface area (Å²) in [7, 11) is 1.60. The standard InChI is InChI=1S/C16H16ClNO3/c1-21-14-8-2-11(3-9-14)10-18-16(20)15(19)12-4-6-13(17)7-5-12/h2-9,15,19H,10H2,1H3,(H,18,20). The van der Waals surface area contributed by atoms with Gasteiger partial charge in [0.15, 0.2) is 6.10 Å². The number of halogens is 1. The van der Waals surface area contributed by atoms with Crippen molar-refractivity contribution < 1.29 is 14.6 Å². The van der Waals surface area contributed by atoms with Gasteiger partial charge in [-0.3, -0.25) is 4.79 Å². The number of aliphatic hydroxyl groups is 1. The van der Waals surface area contributed by atoms with Gasteiger partial charge in [0.05, 0.1) is 7.11 Å². The summed E-state index contributed by atoms with van der Waals surface area (Å²) in [6.07, 6.45) is -1.21. The maximum Gasteiger partial charge on any atom is 0.253 e. The van der Waals surface area contributed by atoms with Crippen LogP contribution in [0.5, 0.6) is 5.75 Å². The smallest absolute Gasteiger partial charge is 0.253 e. The van der Waals surface area contributed by atoms with Crippen LogP contribution in [0.4, 0.5) is 0 Å². The van der Waals surface area contributed by atoms with Crippen LogP contribution in [0, 0.1) is 0 Å². The Morgan fingerprint density at radius 3 is 2.38 bits per heavy atom. The predicted molar refractivity (Wildman–Crippen MR) is 81.3 cm³/mol. The van der Waals surface area contributed by atoms with Gasteiger partial charge in [0, 0.05) is 11.6 Å². The van der Waals surface area contributed by atoms with E-state index in [1.54, 1.807) is 31.4 Å². The van der Waals surface area contributed by atoms with E-state index in [1.165, 1.54) is 0 Å². The lowest BCUT2D eigenvalue weighted by atomic mass is 10.1. The summed E-state index contributed by atoms with van der Waals surface area (Å²) in [5, 5.41) is 13.2. The Hall–Kier alpha value is -2.04. The Morgan fingerprint density at radius 2 is 1.81 bits per heavy atom. The van der Waals surface area contributed by atoms with Crippen molar-refractivity contribution in [2.24, 2.45) is 0 Å². The Bertz CT molecular complexity index is 596. The fourth-order valence-electron chi connectivity index (χ4n) is 1.83. The van der Waals surface area contributed by atoms with E-state index in [4.69, 9.17) is 16.3 Å². The van der Waals surface area contributed by atoms with E-state index in [-0.39, 0.29) is 0 Å². The molecule has 1 atom stereocenters. The molecule has 0 spiro atoms. The molecule has 0 aliphatic carbocycles. The minimum atomic E-state index is -1.21. The number of methoxy groups -OCH3 is 1. The van der Waals surface area contributed by atoms with Crippen molar-refractivity contribution >= 4 is 17.5 Å². The molecule has 0 bridgehead atoms. The summed E-state index contributed by atoms with van der Waals surface area (Å²) >= 11 is 5.77. The van der Waals surface area contributed by atoms with Crippen molar-refractivity contribution in [2.75, 3.05) is 7.11 Å². The fourth-order valence-corrected chi connectivity index (χ4v) is 1.95. The van der Waals surface area contributed by atoms with Crippen molar-refractivity contribution in [1.82, 2.24) is 5.32 Å². The van der Waals surface area contributed by atoms with Crippen molar-refractivity contribution in [2.45, 2.75) is 12.6 Å². The van der Waals surface area contributed by atoms with Crippen LogP contribution in [0.1, 0.15) is 17.2 Å². The number of ether oxygens (including phenoxy) is 1. The summed E-state index contributed by atoms with van der Waals surface area (Å²) in [6.45, 7) is 0.341. The van der Waals surface area contributed by atoms with Gasteiger partial charge in [-0.15, -0.1) is 0 Å². The number of nitrogens with one attached hydrogen (secondary N) is 1. The summed E-state index contributed by atoms with van der Waals surface area (Å²) in [5.41, 5.74) is 1.43. The summed E-state index contributed by atoms with van der Waals surface area (Å²) in [5.74, 6) is 0.305. The lowest BCUT2D eigenvalue weighted by Gasteiger charge is -2.12. The minimum Gasteiger partial charge on any atom is -0.497 e. The molecule has 1 unspecified atom stereocenters. The highest BCUT2D eigenvalue weighted by molar-refractivity contribution is 6.30. The van der Waals surface area contributed by atoms with E-state index < -0.39 is 12.0 Å². The lowest BCUT2D eigenvalue weighted by Crippen LogP contribution is -2.28. The molecule has 0 saturated heterocycles. The van der Waals surface area contributed by atoms with Gasteiger partial charge in [0.2, 0.25) is 0 Å². The molecule has 21 heavy (non-hydrogen) atoms. The molecule has 0 heterocycles. The van der Waals surface area contributed by atoms with E-state index in [1.807, 2.05) is 24.3 Å². The van der Waals surface area contributed by atoms with E-state index in [9.17, 15) is 9.90 Å². The van der Waals surface area contributed by atoms with E-state index in [2.05, 4.69) is 5.32 Å². The van der Waals surface area contributed by atoms with Crippen LogP contribution in [0.25, 0.3) is 0 Å². The second kappa shape index (κ2) is 7.11. The first-order chi connectivity index (χ1) is 10.1. The molecule has 1 amide bonds. The maximum absolute atomic E-state index is 11.9. The number of rotatable bonds is 5. The van der Waals surface area contributed by atoms with Crippen LogP contribution in [0.15, 0.2) is 48.5 Å². The third kappa shape index (κ3) is 4.21. The van der Waals surface area contributed by atoms with Crippen molar-refractivity contribution in [3.63, 3.8) is 0 Å². The SMILES string of the molecule is COc1ccc(CNC(=O)C(O)c2ccc(Cl)cc2)cc1. The van der Waals surface area contributed by atoms with Gasteiger partial charge in [-0.1, -0.05) is 35.9 Å². The zero-order valence-corrected chi connectivity index (χ0v) is 12.3. The van der Waals surface area contributed by atoms with E-state index >= 15 is 0 Å². The molecule has 4 nitrogen and oxygen atoms in total. The highest BCUT2D eigenvalue weighted by atomic mass is 35.5. The van der Waals surface area contributed by atoms with Gasteiger partial charge in [-0.2, -0.15) is 0 Å². The topological polar surface area (TPSA) is 58.6 Å². The molecule has 110 valence electrons. The van der Waals surface area contributed by atoms with E-state index in [0.29, 0.717) is 17.1 Å². The van der Waals surface area contributed by atoms with Gasteiger partial charge < -0.3 is 15.2 Å². The second-order valence-corrected chi connectivity index (χ2v) is 4.96. The number of carbonyl (C=O) groups is 1. The molecule has 0 aromatic heterocycles. The molecule has 0 aliphatic rings. The van der Waals surface area contributed by atoms with Crippen molar-refractivity contribution in [1.29, 1.82) is 0 Å². The predicted octanol–water partition coefficient (Wildman–Crippen LogP) is 2.70. The first kappa shape index (κ1) is 15.4. The molecule has 0 radical (unpaired) electrons. The van der Waals surface area contributed by atoms with Gasteiger partial charge in [0.25, 0.3) is 5.91 Å². The normalized spacial score (nSPS) is 11.8. The first-order valence-corrected chi connectivity index (χ1v) is 6.82. The minimum absolute atomic E-state index is 0.341. The van der Waals surface area contributed by atoms with Crippen LogP contribution in [-0.2, 0) is 11.3 Å². The first-order valence-electron chi connectivity index (χ1n) is 6.44. The zero-order valence-electron chi connectivity index (χ0n) is 11.5. The number of carbonyl (C=O) groups excluding carboxylic acids is 1. The Balaban J connectivity index is 1.92. The number of benzene rings is 2. The molecule has 5 heteroatoms. The van der Waals surface area contributed by atoms with Gasteiger partial charge in [0.1, 0.15) is 5.75 Å². The molecular weight excluding hydrogens is 290 g/mol. The molecule has 0 fully saturated rings. The number of hydrogen-bond acceptors (Lipinski definition) is 3. The van der Waals surface area contributed by atoms with Crippen LogP contribution >= 0.6 is 11.6 Å². The van der Waals surface area contributed by atoms with E-state index in [0.717, 1.165) is 11.3 Å². The van der Waals surface area contributed by atoms with Crippen LogP contribution in [0.3, 0.4) is 0 Å². The fraction of sp³-hybridized carbons (Fsp3) is 0.188. The molecular formula is C16H16ClNO3. The Morgan fingerprint density at radius 1 is 1.19 bits per heavy atom. The van der Waals surface area contributed by atoms with Gasteiger partial charge in [-0.25, -0.2) is 0 Å². The highest BCUT2D eigenvalue weighted by Gasteiger charge is 2.16. The summed E-state index contributed by atoms with van der Waals surface area (Å²) in [4.78, 5) is 11.9. The quantitative estimate of drug-likeness (QED) is 0.893. The van der Waals surface area contributed by atoms with Crippen molar-refractivity contribution in [3.8, 4) is 5.75 Å². The number of amides is 1. The van der Waals surface area contributed by atoms with Crippen molar-refractivity contribution in [3.05, 3.63) is 64.7 Å². The third-order valence-corrected chi connectivity index (χ3v) is 3.31. The third-order valence-electron chi connectivity index (χ3n) is 3.06. The Kier molecular flexibility index (Phi) is 5.20. The largest absolute Gasteiger partial charge is 0.497 e.